The Hall–Kier alpha value is -1.18. The summed E-state index contributed by atoms with van der Waals surface area (Å²) < 4.78 is 41.1. The van der Waals surface area contributed by atoms with Gasteiger partial charge in [-0.05, 0) is 24.1 Å². The molecule has 1 rings (SSSR count). The summed E-state index contributed by atoms with van der Waals surface area (Å²) in [6, 6.07) is -0.880. The van der Waals surface area contributed by atoms with E-state index in [1.165, 1.54) is 0 Å². The van der Waals surface area contributed by atoms with E-state index in [-0.39, 0.29) is 17.6 Å². The lowest BCUT2D eigenvalue weighted by molar-refractivity contribution is 0.373. The fraction of sp³-hybridized carbons (Fsp3) is 0.333. The van der Waals surface area contributed by atoms with Crippen molar-refractivity contribution in [1.29, 1.82) is 0 Å². The van der Waals surface area contributed by atoms with Crippen molar-refractivity contribution < 1.29 is 16.7 Å². The zero-order chi connectivity index (χ0) is 12.5. The van der Waals surface area contributed by atoms with Crippen molar-refractivity contribution in [3.63, 3.8) is 0 Å². The molecule has 0 aliphatic heterocycles. The van der Waals surface area contributed by atoms with Crippen LogP contribution in [0.1, 0.15) is 19.3 Å². The highest BCUT2D eigenvalue weighted by atomic mass is 16.5. The number of hydrogen-bond acceptors (Lipinski definition) is 2. The second kappa shape index (κ2) is 3.28. The summed E-state index contributed by atoms with van der Waals surface area (Å²) >= 11 is 0. The zero-order valence-corrected chi connectivity index (χ0v) is 6.14. The van der Waals surface area contributed by atoms with Gasteiger partial charge in [0.2, 0.25) is 0 Å². The molecule has 2 nitrogen and oxygen atoms in total. The molecule has 2 heteroatoms. The van der Waals surface area contributed by atoms with Gasteiger partial charge in [0.15, 0.2) is 11.5 Å². The molecular formula is C9H12O2. The summed E-state index contributed by atoms with van der Waals surface area (Å²) in [5.41, 5.74) is 0.251. The van der Waals surface area contributed by atoms with Gasteiger partial charge in [0.05, 0.1) is 13.9 Å². The Morgan fingerprint density at radius 2 is 2.55 bits per heavy atom. The molecular weight excluding hydrogens is 140 g/mol. The van der Waals surface area contributed by atoms with Gasteiger partial charge in [-0.3, -0.25) is 0 Å². The van der Waals surface area contributed by atoms with Gasteiger partial charge in [-0.1, -0.05) is 13.0 Å². The molecule has 0 saturated carbocycles. The number of phenols is 1. The van der Waals surface area contributed by atoms with Crippen LogP contribution in [0.5, 0.6) is 11.5 Å². The van der Waals surface area contributed by atoms with Crippen LogP contribution in [0.25, 0.3) is 0 Å². The minimum atomic E-state index is -1.71. The van der Waals surface area contributed by atoms with Gasteiger partial charge in [0, 0.05) is 0 Å². The van der Waals surface area contributed by atoms with E-state index in [4.69, 9.17) is 6.85 Å². The molecule has 0 heterocycles. The largest absolute Gasteiger partial charge is 0.504 e. The monoisotopic (exact) mass is 157 g/mol. The van der Waals surface area contributed by atoms with Crippen LogP contribution >= 0.6 is 0 Å². The summed E-state index contributed by atoms with van der Waals surface area (Å²) in [6.45, 7) is 1.71. The molecule has 0 radical (unpaired) electrons. The zero-order valence-electron chi connectivity index (χ0n) is 11.1. The first-order valence-electron chi connectivity index (χ1n) is 5.88. The molecule has 0 aromatic heterocycles. The molecule has 0 unspecified atom stereocenters. The van der Waals surface area contributed by atoms with Crippen molar-refractivity contribution in [2.45, 2.75) is 13.3 Å². The van der Waals surface area contributed by atoms with E-state index in [0.717, 1.165) is 0 Å². The Balaban J connectivity index is 3.41. The third-order valence-corrected chi connectivity index (χ3v) is 1.28. The molecule has 0 spiro atoms. The van der Waals surface area contributed by atoms with E-state index in [1.54, 1.807) is 6.92 Å². The van der Waals surface area contributed by atoms with Gasteiger partial charge in [-0.2, -0.15) is 0 Å². The van der Waals surface area contributed by atoms with Crippen molar-refractivity contribution in [3.05, 3.63) is 23.7 Å². The van der Waals surface area contributed by atoms with Crippen molar-refractivity contribution in [1.82, 2.24) is 0 Å². The molecule has 0 amide bonds. The summed E-state index contributed by atoms with van der Waals surface area (Å²) in [5, 5.41) is 9.58. The van der Waals surface area contributed by atoms with E-state index in [2.05, 4.69) is 4.74 Å². The first kappa shape index (κ1) is 3.48. The Morgan fingerprint density at radius 1 is 1.73 bits per heavy atom. The number of rotatable bonds is 2. The van der Waals surface area contributed by atoms with Crippen molar-refractivity contribution >= 4 is 0 Å². The maximum atomic E-state index is 9.58. The summed E-state index contributed by atoms with van der Waals surface area (Å²) in [7, 11) is -1.71. The number of benzene rings is 1. The molecule has 0 aliphatic rings. The highest BCUT2D eigenvalue weighted by Crippen LogP contribution is 2.26. The van der Waals surface area contributed by atoms with Gasteiger partial charge in [0.25, 0.3) is 0 Å². The van der Waals surface area contributed by atoms with Gasteiger partial charge in [0.1, 0.15) is 0 Å². The fourth-order valence-electron chi connectivity index (χ4n) is 0.684. The quantitative estimate of drug-likeness (QED) is 0.711. The van der Waals surface area contributed by atoms with Crippen LogP contribution in [-0.2, 0) is 6.42 Å². The van der Waals surface area contributed by atoms with Crippen LogP contribution < -0.4 is 4.74 Å². The van der Waals surface area contributed by atoms with Crippen LogP contribution in [0, 0.1) is 0 Å². The van der Waals surface area contributed by atoms with Gasteiger partial charge >= 0.3 is 0 Å². The van der Waals surface area contributed by atoms with Crippen molar-refractivity contribution in [2.75, 3.05) is 7.06 Å². The maximum absolute atomic E-state index is 9.58. The SMILES string of the molecule is [2H]c1c([2H])c(OC([2H])[2H])c(O)c([2H])c1CC. The minimum absolute atomic E-state index is 0.207. The fourth-order valence-corrected chi connectivity index (χ4v) is 0.684. The Labute approximate surface area is 73.5 Å². The van der Waals surface area contributed by atoms with Crippen molar-refractivity contribution in [2.24, 2.45) is 0 Å². The van der Waals surface area contributed by atoms with Crippen LogP contribution in [0.15, 0.2) is 18.1 Å². The Kier molecular flexibility index (Phi) is 1.04. The number of methoxy groups -OCH3 is 1. The topological polar surface area (TPSA) is 29.5 Å². The number of ether oxygens (including phenoxy) is 1. The predicted octanol–water partition coefficient (Wildman–Crippen LogP) is 1.96. The van der Waals surface area contributed by atoms with E-state index in [9.17, 15) is 5.11 Å². The average molecular weight is 157 g/mol. The lowest BCUT2D eigenvalue weighted by Gasteiger charge is -2.03. The third-order valence-electron chi connectivity index (χ3n) is 1.28. The smallest absolute Gasteiger partial charge is 0.160 e. The molecule has 60 valence electrons. The first-order valence-corrected chi connectivity index (χ1v) is 3.22. The van der Waals surface area contributed by atoms with Crippen LogP contribution in [-0.4, -0.2) is 12.2 Å². The molecule has 0 bridgehead atoms. The Bertz CT molecular complexity index is 376. The van der Waals surface area contributed by atoms with Crippen molar-refractivity contribution in [3.8, 4) is 11.5 Å². The van der Waals surface area contributed by atoms with Gasteiger partial charge in [-0.25, -0.2) is 0 Å². The highest BCUT2D eigenvalue weighted by molar-refractivity contribution is 5.41. The van der Waals surface area contributed by atoms with Gasteiger partial charge in [-0.15, -0.1) is 0 Å². The second-order valence-electron chi connectivity index (χ2n) is 2.00. The Morgan fingerprint density at radius 3 is 3.18 bits per heavy atom. The normalized spacial score (nSPS) is 16.4. The molecule has 1 N–H and O–H groups in total. The minimum Gasteiger partial charge on any atom is -0.504 e. The lowest BCUT2D eigenvalue weighted by atomic mass is 10.1. The van der Waals surface area contributed by atoms with Crippen LogP contribution in [0.2, 0.25) is 0 Å². The number of hydrogen-bond donors (Lipinski definition) is 1. The predicted molar refractivity (Wildman–Crippen MR) is 44.0 cm³/mol. The highest BCUT2D eigenvalue weighted by Gasteiger charge is 1.99. The molecule has 1 aromatic rings. The van der Waals surface area contributed by atoms with Gasteiger partial charge < -0.3 is 9.84 Å². The van der Waals surface area contributed by atoms with E-state index >= 15 is 0 Å². The first-order chi connectivity index (χ1) is 7.40. The lowest BCUT2D eigenvalue weighted by Crippen LogP contribution is -1.85. The molecule has 11 heavy (non-hydrogen) atoms. The van der Waals surface area contributed by atoms with E-state index < -0.39 is 24.6 Å². The molecule has 1 aromatic carbocycles. The maximum Gasteiger partial charge on any atom is 0.160 e. The standard InChI is InChI=1S/C9H12O2/c1-3-7-4-5-9(11-2)8(10)6-7/h4-6,10H,3H2,1-2H3/i2D2,4D,5D,6D. The summed E-state index contributed by atoms with van der Waals surface area (Å²) in [5.74, 6) is -1.02. The molecule has 0 aliphatic carbocycles. The third kappa shape index (κ3) is 1.64. The van der Waals surface area contributed by atoms with E-state index in [0.29, 0.717) is 6.42 Å². The average Bonchev–Trinajstić information content (AvgIpc) is 2.22. The van der Waals surface area contributed by atoms with E-state index in [1.807, 2.05) is 0 Å². The molecule has 0 fully saturated rings. The molecule has 0 atom stereocenters. The number of phenolic OH excluding ortho intramolecular Hbond substituents is 1. The molecule has 0 saturated heterocycles. The van der Waals surface area contributed by atoms with Crippen LogP contribution in [0.3, 0.4) is 0 Å². The van der Waals surface area contributed by atoms with Crippen LogP contribution in [0.4, 0.5) is 0 Å². The number of aromatic hydroxyl groups is 1. The summed E-state index contributed by atoms with van der Waals surface area (Å²) in [6.07, 6.45) is 0.350. The second-order valence-corrected chi connectivity index (χ2v) is 2.00. The summed E-state index contributed by atoms with van der Waals surface area (Å²) in [4.78, 5) is 0.